The van der Waals surface area contributed by atoms with E-state index >= 15 is 0 Å². The number of aryl methyl sites for hydroxylation is 3. The average molecular weight is 632 g/mol. The van der Waals surface area contributed by atoms with E-state index in [9.17, 15) is 25.9 Å². The fourth-order valence-electron chi connectivity index (χ4n) is 4.40. The predicted octanol–water partition coefficient (Wildman–Crippen LogP) is 1.80. The van der Waals surface area contributed by atoms with Gasteiger partial charge < -0.3 is 13.9 Å². The van der Waals surface area contributed by atoms with Gasteiger partial charge in [0.15, 0.2) is 6.54 Å². The summed E-state index contributed by atoms with van der Waals surface area (Å²) in [6, 6.07) is 11.6. The SMILES string of the molecule is CCC(/C=C1\Sc2cc(C)c(C)cc2N1CCCCS(=O)(=O)[O-])=C\c1oc2ccccc2[n+]1CCS(=O)(=O)O.[K+]. The number of anilines is 1. The zero-order valence-corrected chi connectivity index (χ0v) is 28.7. The van der Waals surface area contributed by atoms with E-state index < -0.39 is 26.0 Å². The van der Waals surface area contributed by atoms with E-state index in [1.807, 2.05) is 31.2 Å². The second-order valence-electron chi connectivity index (χ2n) is 9.53. The Hall–Kier alpha value is -1.00. The first-order valence-electron chi connectivity index (χ1n) is 12.6. The van der Waals surface area contributed by atoms with Crippen LogP contribution in [0.5, 0.6) is 0 Å². The molecule has 0 radical (unpaired) electrons. The Morgan fingerprint density at radius 1 is 1.10 bits per heavy atom. The molecule has 0 unspecified atom stereocenters. The molecule has 0 fully saturated rings. The van der Waals surface area contributed by atoms with Crippen LogP contribution >= 0.6 is 11.8 Å². The first kappa shape index (κ1) is 33.5. The van der Waals surface area contributed by atoms with Crippen LogP contribution in [0.2, 0.25) is 0 Å². The number of aromatic nitrogens is 1. The van der Waals surface area contributed by atoms with E-state index in [4.69, 9.17) is 4.42 Å². The summed E-state index contributed by atoms with van der Waals surface area (Å²) in [5, 5.41) is 0.966. The molecule has 0 amide bonds. The Balaban J connectivity index is 0.00000441. The molecule has 3 aromatic rings. The van der Waals surface area contributed by atoms with Crippen LogP contribution in [0.15, 0.2) is 62.4 Å². The second-order valence-corrected chi connectivity index (χ2v) is 13.7. The number of allylic oxidation sites excluding steroid dienone is 2. The van der Waals surface area contributed by atoms with Crippen LogP contribution in [-0.4, -0.2) is 44.0 Å². The molecule has 2 aromatic carbocycles. The maximum absolute atomic E-state index is 11.5. The molecule has 13 heteroatoms. The van der Waals surface area contributed by atoms with Gasteiger partial charge in [-0.15, -0.1) is 0 Å². The van der Waals surface area contributed by atoms with Crippen LogP contribution in [-0.2, 0) is 26.8 Å². The number of nitrogens with zero attached hydrogens (tertiary/aromatic N) is 2. The zero-order valence-electron chi connectivity index (χ0n) is 23.1. The summed E-state index contributed by atoms with van der Waals surface area (Å²) in [5.74, 6) is -0.364. The third-order valence-electron chi connectivity index (χ3n) is 6.61. The normalized spacial score (nSPS) is 15.1. The number of unbranched alkanes of at least 4 members (excludes halogenated alkanes) is 1. The molecule has 0 bridgehead atoms. The first-order valence-corrected chi connectivity index (χ1v) is 16.6. The smallest absolute Gasteiger partial charge is 0.748 e. The minimum absolute atomic E-state index is 0. The molecule has 4 rings (SSSR count). The van der Waals surface area contributed by atoms with E-state index in [1.54, 1.807) is 22.4 Å². The molecule has 2 heterocycles. The molecule has 1 N–H and O–H groups in total. The number of hydrogen-bond donors (Lipinski definition) is 1. The fourth-order valence-corrected chi connectivity index (χ4v) is 6.62. The minimum Gasteiger partial charge on any atom is -0.748 e. The first-order chi connectivity index (χ1) is 18.3. The summed E-state index contributed by atoms with van der Waals surface area (Å²) in [4.78, 5) is 3.25. The number of thioether (sulfide) groups is 1. The van der Waals surface area contributed by atoms with Crippen molar-refractivity contribution in [3.8, 4) is 0 Å². The molecule has 1 aliphatic rings. The van der Waals surface area contributed by atoms with Gasteiger partial charge in [0.05, 0.1) is 26.9 Å². The van der Waals surface area contributed by atoms with Crippen molar-refractivity contribution in [1.82, 2.24) is 0 Å². The van der Waals surface area contributed by atoms with E-state index in [-0.39, 0.29) is 70.1 Å². The van der Waals surface area contributed by atoms with Crippen molar-refractivity contribution in [2.45, 2.75) is 51.5 Å². The molecule has 9 nitrogen and oxygen atoms in total. The van der Waals surface area contributed by atoms with Gasteiger partial charge >= 0.3 is 57.3 Å². The molecular formula is C27H32KN2O7S3+. The Kier molecular flexibility index (Phi) is 11.7. The summed E-state index contributed by atoms with van der Waals surface area (Å²) in [6.07, 6.45) is 5.41. The number of fused-ring (bicyclic) bond motifs is 2. The number of para-hydroxylation sites is 2. The van der Waals surface area contributed by atoms with Crippen LogP contribution in [0, 0.1) is 13.8 Å². The third kappa shape index (κ3) is 8.75. The average Bonchev–Trinajstić information content (AvgIpc) is 3.36. The van der Waals surface area contributed by atoms with Crippen LogP contribution in [0.4, 0.5) is 5.69 Å². The zero-order chi connectivity index (χ0) is 28.4. The molecule has 40 heavy (non-hydrogen) atoms. The van der Waals surface area contributed by atoms with Crippen molar-refractivity contribution < 1.29 is 86.3 Å². The van der Waals surface area contributed by atoms with Gasteiger partial charge in [0.25, 0.3) is 15.6 Å². The second kappa shape index (κ2) is 14.0. The molecule has 210 valence electrons. The maximum Gasteiger partial charge on any atom is 1.00 e. The molecule has 0 aliphatic carbocycles. The fraction of sp³-hybridized carbons (Fsp3) is 0.370. The monoisotopic (exact) mass is 631 g/mol. The van der Waals surface area contributed by atoms with Crippen molar-refractivity contribution in [2.24, 2.45) is 0 Å². The van der Waals surface area contributed by atoms with Gasteiger partial charge in [-0.25, -0.2) is 8.42 Å². The number of hydrogen-bond acceptors (Lipinski definition) is 8. The number of oxazole rings is 1. The Morgan fingerprint density at radius 2 is 1.80 bits per heavy atom. The standard InChI is InChI=1S/C27H32N2O7S3.K/c1-4-21(17-26-28(12-14-39(33,34)35)22-9-5-6-10-24(22)36-26)18-27-29(11-7-8-13-38(30,31)32)23-15-19(2)20(3)16-25(23)37-27;/h5-6,9-10,15-18H,4,7-8,11-14H2,1-3H3,(H-,30,31,32,33,34,35);/q;+1. The van der Waals surface area contributed by atoms with Crippen molar-refractivity contribution in [1.29, 1.82) is 0 Å². The van der Waals surface area contributed by atoms with E-state index in [2.05, 4.69) is 37.0 Å². The molecule has 0 spiro atoms. The third-order valence-corrected chi connectivity index (χ3v) is 9.19. The molecule has 1 aliphatic heterocycles. The largest absolute Gasteiger partial charge is 1.00 e. The van der Waals surface area contributed by atoms with Gasteiger partial charge in [0.1, 0.15) is 5.75 Å². The van der Waals surface area contributed by atoms with Gasteiger partial charge in [0.2, 0.25) is 5.58 Å². The number of rotatable bonds is 11. The predicted molar refractivity (Wildman–Crippen MR) is 152 cm³/mol. The maximum atomic E-state index is 11.5. The van der Waals surface area contributed by atoms with Gasteiger partial charge in [-0.1, -0.05) is 30.8 Å². The van der Waals surface area contributed by atoms with Gasteiger partial charge in [-0.05, 0) is 74.1 Å². The van der Waals surface area contributed by atoms with Gasteiger partial charge in [-0.2, -0.15) is 13.0 Å². The molecule has 1 aromatic heterocycles. The molecule has 0 atom stereocenters. The van der Waals surface area contributed by atoms with Crippen molar-refractivity contribution in [3.63, 3.8) is 0 Å². The van der Waals surface area contributed by atoms with Crippen LogP contribution in [0.1, 0.15) is 43.2 Å². The minimum atomic E-state index is -4.26. The van der Waals surface area contributed by atoms with Crippen LogP contribution in [0.3, 0.4) is 0 Å². The summed E-state index contributed by atoms with van der Waals surface area (Å²) < 4.78 is 73.3. The van der Waals surface area contributed by atoms with Gasteiger partial charge in [-0.3, -0.25) is 4.55 Å². The Bertz CT molecular complexity index is 1660. The topological polar surface area (TPSA) is 132 Å². The van der Waals surface area contributed by atoms with E-state index in [0.717, 1.165) is 32.3 Å². The van der Waals surface area contributed by atoms with Crippen molar-refractivity contribution >= 4 is 54.9 Å². The summed E-state index contributed by atoms with van der Waals surface area (Å²) in [6.45, 7) is 6.71. The summed E-state index contributed by atoms with van der Waals surface area (Å²) in [5.41, 5.74) is 5.63. The summed E-state index contributed by atoms with van der Waals surface area (Å²) in [7, 11) is -8.42. The Morgan fingerprint density at radius 3 is 2.48 bits per heavy atom. The van der Waals surface area contributed by atoms with Crippen molar-refractivity contribution in [2.75, 3.05) is 23.0 Å². The summed E-state index contributed by atoms with van der Waals surface area (Å²) >= 11 is 1.62. The molecule has 0 saturated heterocycles. The van der Waals surface area contributed by atoms with Crippen molar-refractivity contribution in [3.05, 3.63) is 70.1 Å². The van der Waals surface area contributed by atoms with Crippen LogP contribution in [0.25, 0.3) is 17.2 Å². The van der Waals surface area contributed by atoms with Gasteiger partial charge in [0, 0.05) is 23.3 Å². The van der Waals surface area contributed by atoms with E-state index in [1.165, 1.54) is 5.56 Å². The Labute approximate surface area is 282 Å². The number of benzene rings is 2. The van der Waals surface area contributed by atoms with E-state index in [0.29, 0.717) is 30.9 Å². The quantitative estimate of drug-likeness (QED) is 0.146. The molecular weight excluding hydrogens is 600 g/mol. The molecule has 0 saturated carbocycles. The van der Waals surface area contributed by atoms with Crippen LogP contribution < -0.4 is 60.9 Å².